The average molecular weight is 566 g/mol. The lowest BCUT2D eigenvalue weighted by molar-refractivity contribution is 1.07. The zero-order valence-corrected chi connectivity index (χ0v) is 23.8. The Balaban J connectivity index is 1.34. The number of aromatic nitrogens is 3. The van der Waals surface area contributed by atoms with Crippen LogP contribution < -0.4 is 0 Å². The first kappa shape index (κ1) is 24.2. The van der Waals surface area contributed by atoms with Gasteiger partial charge >= 0.3 is 0 Å². The molecule has 0 bridgehead atoms. The second-order valence-electron chi connectivity index (χ2n) is 10.8. The van der Waals surface area contributed by atoms with Crippen LogP contribution in [0.2, 0.25) is 0 Å². The lowest BCUT2D eigenvalue weighted by atomic mass is 9.91. The quantitative estimate of drug-likeness (QED) is 0.200. The molecule has 0 spiro atoms. The fraction of sp³-hybridized carbons (Fsp3) is 0. The van der Waals surface area contributed by atoms with Crippen molar-refractivity contribution in [2.45, 2.75) is 0 Å². The Kier molecular flexibility index (Phi) is 5.37. The molecular weight excluding hydrogens is 543 g/mol. The van der Waals surface area contributed by atoms with E-state index in [-0.39, 0.29) is 0 Å². The third-order valence-corrected chi connectivity index (χ3v) is 9.43. The highest BCUT2D eigenvalue weighted by Crippen LogP contribution is 2.44. The van der Waals surface area contributed by atoms with Gasteiger partial charge in [0.2, 0.25) is 0 Å². The molecule has 0 saturated heterocycles. The Labute approximate surface area is 251 Å². The summed E-state index contributed by atoms with van der Waals surface area (Å²) in [6.07, 6.45) is 0. The minimum Gasteiger partial charge on any atom is -0.208 e. The summed E-state index contributed by atoms with van der Waals surface area (Å²) >= 11 is 1.87. The molecule has 0 aliphatic heterocycles. The largest absolute Gasteiger partial charge is 0.208 e. The number of hydrogen-bond acceptors (Lipinski definition) is 4. The second kappa shape index (κ2) is 9.55. The minimum absolute atomic E-state index is 0.665. The zero-order valence-electron chi connectivity index (χ0n) is 23.0. The smallest absolute Gasteiger partial charge is 0.164 e. The van der Waals surface area contributed by atoms with Crippen LogP contribution in [-0.4, -0.2) is 15.0 Å². The van der Waals surface area contributed by atoms with Crippen molar-refractivity contribution in [1.82, 2.24) is 15.0 Å². The van der Waals surface area contributed by atoms with Gasteiger partial charge in [-0.15, -0.1) is 11.3 Å². The van der Waals surface area contributed by atoms with E-state index in [9.17, 15) is 0 Å². The van der Waals surface area contributed by atoms with E-state index in [1.807, 2.05) is 72.0 Å². The van der Waals surface area contributed by atoms with Gasteiger partial charge in [0.05, 0.1) is 0 Å². The molecule has 0 unspecified atom stereocenters. The van der Waals surface area contributed by atoms with Gasteiger partial charge in [0.15, 0.2) is 17.5 Å². The molecule has 0 radical (unpaired) electrons. The lowest BCUT2D eigenvalue weighted by Crippen LogP contribution is -2.00. The fourth-order valence-electron chi connectivity index (χ4n) is 6.34. The first-order chi connectivity index (χ1) is 21.3. The van der Waals surface area contributed by atoms with Gasteiger partial charge in [0.25, 0.3) is 0 Å². The van der Waals surface area contributed by atoms with Crippen LogP contribution in [0.25, 0.3) is 86.7 Å². The van der Waals surface area contributed by atoms with Crippen molar-refractivity contribution in [3.8, 4) is 34.2 Å². The molecule has 0 N–H and O–H groups in total. The van der Waals surface area contributed by atoms with Crippen LogP contribution in [-0.2, 0) is 0 Å². The van der Waals surface area contributed by atoms with E-state index in [4.69, 9.17) is 15.0 Å². The predicted octanol–water partition coefficient (Wildman–Crippen LogP) is 10.7. The molecule has 9 rings (SSSR count). The van der Waals surface area contributed by atoms with Crippen molar-refractivity contribution in [1.29, 1.82) is 0 Å². The molecule has 0 atom stereocenters. The van der Waals surface area contributed by atoms with Crippen LogP contribution in [0.15, 0.2) is 140 Å². The molecule has 0 saturated carbocycles. The highest BCUT2D eigenvalue weighted by Gasteiger charge is 2.17. The summed E-state index contributed by atoms with van der Waals surface area (Å²) in [5.41, 5.74) is 2.90. The van der Waals surface area contributed by atoms with Crippen LogP contribution in [0.3, 0.4) is 0 Å². The summed E-state index contributed by atoms with van der Waals surface area (Å²) < 4.78 is 2.64. The molecule has 9 aromatic rings. The van der Waals surface area contributed by atoms with Gasteiger partial charge in [0.1, 0.15) is 0 Å². The Morgan fingerprint density at radius 2 is 0.837 bits per heavy atom. The monoisotopic (exact) mass is 565 g/mol. The van der Waals surface area contributed by atoms with Gasteiger partial charge in [-0.1, -0.05) is 121 Å². The van der Waals surface area contributed by atoms with Crippen LogP contribution in [0.1, 0.15) is 0 Å². The van der Waals surface area contributed by atoms with Gasteiger partial charge in [-0.05, 0) is 50.5 Å². The molecular formula is C39H23N3S. The number of rotatable bonds is 3. The molecule has 7 aromatic carbocycles. The maximum Gasteiger partial charge on any atom is 0.164 e. The van der Waals surface area contributed by atoms with E-state index in [2.05, 4.69) is 78.9 Å². The average Bonchev–Trinajstić information content (AvgIpc) is 3.47. The van der Waals surface area contributed by atoms with Gasteiger partial charge in [-0.2, -0.15) is 0 Å². The van der Waals surface area contributed by atoms with E-state index in [1.165, 1.54) is 52.5 Å². The van der Waals surface area contributed by atoms with Crippen molar-refractivity contribution in [3.05, 3.63) is 140 Å². The summed E-state index contributed by atoms with van der Waals surface area (Å²) in [6, 6.07) is 49.0. The van der Waals surface area contributed by atoms with Crippen molar-refractivity contribution >= 4 is 63.8 Å². The number of hydrogen-bond donors (Lipinski definition) is 0. The lowest BCUT2D eigenvalue weighted by Gasteiger charge is -2.13. The highest BCUT2D eigenvalue weighted by atomic mass is 32.1. The summed E-state index contributed by atoms with van der Waals surface area (Å²) in [4.78, 5) is 14.9. The first-order valence-electron chi connectivity index (χ1n) is 14.4. The fourth-order valence-corrected chi connectivity index (χ4v) is 7.45. The molecule has 43 heavy (non-hydrogen) atoms. The summed E-state index contributed by atoms with van der Waals surface area (Å²) in [6.45, 7) is 0. The predicted molar refractivity (Wildman–Crippen MR) is 182 cm³/mol. The number of thiophene rings is 1. The topological polar surface area (TPSA) is 38.7 Å². The number of nitrogens with zero attached hydrogens (tertiary/aromatic N) is 3. The SMILES string of the molecule is c1ccc(-c2nc(-c3ccccc3)nc(-c3ccc4c(c3)c3ccccc3c3c4ccc4sc5ccccc5c43)n2)cc1. The van der Waals surface area contributed by atoms with Gasteiger partial charge in [-0.25, -0.2) is 15.0 Å². The van der Waals surface area contributed by atoms with Crippen molar-refractivity contribution in [2.75, 3.05) is 0 Å². The Bertz CT molecular complexity index is 2420. The molecule has 0 amide bonds. The van der Waals surface area contributed by atoms with Crippen LogP contribution in [0.5, 0.6) is 0 Å². The van der Waals surface area contributed by atoms with Crippen molar-refractivity contribution in [2.24, 2.45) is 0 Å². The standard InChI is InChI=1S/C39H23N3S/c1-3-11-24(12-4-1)37-40-38(25-13-5-2-6-14-25)42-39(41-37)26-19-20-28-30-21-22-34-36(31-17-9-10-18-33(31)43-34)35(30)29-16-8-7-15-27(29)32(28)23-26/h1-23H. The third kappa shape index (κ3) is 3.84. The molecule has 200 valence electrons. The molecule has 0 fully saturated rings. The Morgan fingerprint density at radius 3 is 1.53 bits per heavy atom. The van der Waals surface area contributed by atoms with E-state index in [0.29, 0.717) is 17.5 Å². The second-order valence-corrected chi connectivity index (χ2v) is 11.9. The van der Waals surface area contributed by atoms with Crippen molar-refractivity contribution in [3.63, 3.8) is 0 Å². The minimum atomic E-state index is 0.665. The molecule has 3 nitrogen and oxygen atoms in total. The van der Waals surface area contributed by atoms with E-state index >= 15 is 0 Å². The normalized spacial score (nSPS) is 11.7. The van der Waals surface area contributed by atoms with Crippen LogP contribution in [0.4, 0.5) is 0 Å². The van der Waals surface area contributed by atoms with Crippen molar-refractivity contribution < 1.29 is 0 Å². The zero-order chi connectivity index (χ0) is 28.3. The molecule has 2 heterocycles. The molecule has 2 aromatic heterocycles. The number of benzene rings is 7. The van der Waals surface area contributed by atoms with Crippen LogP contribution >= 0.6 is 11.3 Å². The van der Waals surface area contributed by atoms with Gasteiger partial charge in [0, 0.05) is 36.9 Å². The molecule has 0 aliphatic rings. The van der Waals surface area contributed by atoms with Gasteiger partial charge in [-0.3, -0.25) is 0 Å². The first-order valence-corrected chi connectivity index (χ1v) is 15.2. The highest BCUT2D eigenvalue weighted by molar-refractivity contribution is 7.26. The maximum atomic E-state index is 5.00. The maximum absolute atomic E-state index is 5.00. The molecule has 4 heteroatoms. The molecule has 0 aliphatic carbocycles. The Morgan fingerprint density at radius 1 is 0.326 bits per heavy atom. The van der Waals surface area contributed by atoms with E-state index in [0.717, 1.165) is 16.7 Å². The summed E-state index contributed by atoms with van der Waals surface area (Å²) in [7, 11) is 0. The van der Waals surface area contributed by atoms with Gasteiger partial charge < -0.3 is 0 Å². The van der Waals surface area contributed by atoms with Crippen LogP contribution in [0, 0.1) is 0 Å². The van der Waals surface area contributed by atoms with E-state index < -0.39 is 0 Å². The van der Waals surface area contributed by atoms with E-state index in [1.54, 1.807) is 0 Å². The third-order valence-electron chi connectivity index (χ3n) is 8.30. The summed E-state index contributed by atoms with van der Waals surface area (Å²) in [5, 5.41) is 10.2. The Hall–Kier alpha value is -5.45. The number of fused-ring (bicyclic) bond motifs is 10. The summed E-state index contributed by atoms with van der Waals surface area (Å²) in [5.74, 6) is 2.00.